The highest BCUT2D eigenvalue weighted by atomic mass is 16.2. The number of anilines is 1. The number of carbonyl (C=O) groups excluding carboxylic acids is 1. The molecule has 1 aromatic heterocycles. The van der Waals surface area contributed by atoms with Crippen LogP contribution in [0.3, 0.4) is 0 Å². The summed E-state index contributed by atoms with van der Waals surface area (Å²) in [5, 5.41) is 2.88. The van der Waals surface area contributed by atoms with E-state index in [0.717, 1.165) is 17.9 Å². The number of piperazine rings is 1. The third-order valence-corrected chi connectivity index (χ3v) is 3.17. The van der Waals surface area contributed by atoms with Crippen molar-refractivity contribution in [3.8, 4) is 0 Å². The van der Waals surface area contributed by atoms with Gasteiger partial charge in [0.15, 0.2) is 0 Å². The topological polar surface area (TPSA) is 71.2 Å². The lowest BCUT2D eigenvalue weighted by atomic mass is 9.98. The van der Waals surface area contributed by atoms with Crippen LogP contribution in [-0.2, 0) is 11.3 Å². The Hall–Kier alpha value is -1.62. The number of nitrogens with zero attached hydrogens (tertiary/aromatic N) is 2. The molecule has 92 valence electrons. The predicted octanol–water partition coefficient (Wildman–Crippen LogP) is 0.255. The zero-order chi connectivity index (χ0) is 12.5. The Balaban J connectivity index is 2.34. The van der Waals surface area contributed by atoms with Crippen molar-refractivity contribution < 1.29 is 4.79 Å². The van der Waals surface area contributed by atoms with Crippen LogP contribution >= 0.6 is 0 Å². The molecule has 1 aliphatic rings. The molecule has 2 heterocycles. The average Bonchev–Trinajstić information content (AvgIpc) is 2.32. The summed E-state index contributed by atoms with van der Waals surface area (Å²) < 4.78 is 0. The van der Waals surface area contributed by atoms with Gasteiger partial charge >= 0.3 is 0 Å². The van der Waals surface area contributed by atoms with E-state index in [9.17, 15) is 4.79 Å². The first kappa shape index (κ1) is 11.9. The van der Waals surface area contributed by atoms with Gasteiger partial charge in [-0.25, -0.2) is 0 Å². The van der Waals surface area contributed by atoms with Crippen molar-refractivity contribution in [3.05, 3.63) is 24.0 Å². The molecule has 1 saturated heterocycles. The van der Waals surface area contributed by atoms with Crippen LogP contribution in [0.1, 0.15) is 19.5 Å². The van der Waals surface area contributed by atoms with Crippen LogP contribution in [0, 0.1) is 0 Å². The van der Waals surface area contributed by atoms with E-state index in [2.05, 4.69) is 15.2 Å². The van der Waals surface area contributed by atoms with Crippen LogP contribution in [0.25, 0.3) is 0 Å². The van der Waals surface area contributed by atoms with Crippen molar-refractivity contribution in [1.29, 1.82) is 0 Å². The minimum absolute atomic E-state index is 0.0508. The van der Waals surface area contributed by atoms with Gasteiger partial charge in [-0.2, -0.15) is 0 Å². The van der Waals surface area contributed by atoms with E-state index in [1.165, 1.54) is 0 Å². The number of nitrogens with one attached hydrogen (secondary N) is 1. The van der Waals surface area contributed by atoms with Crippen LogP contribution in [0.5, 0.6) is 0 Å². The zero-order valence-corrected chi connectivity index (χ0v) is 10.2. The number of nitrogens with two attached hydrogens (primary N) is 1. The number of rotatable bonds is 2. The molecule has 0 radical (unpaired) electrons. The first-order valence-corrected chi connectivity index (χ1v) is 5.76. The van der Waals surface area contributed by atoms with Gasteiger partial charge in [-0.15, -0.1) is 0 Å². The SMILES string of the molecule is CC1(C)C(=O)NCCN1c1ccnc(CN)c1. The van der Waals surface area contributed by atoms with Crippen LogP contribution < -0.4 is 16.0 Å². The third kappa shape index (κ3) is 2.10. The van der Waals surface area contributed by atoms with Crippen molar-refractivity contribution >= 4 is 11.6 Å². The quantitative estimate of drug-likeness (QED) is 0.769. The monoisotopic (exact) mass is 234 g/mol. The molecule has 1 aromatic rings. The maximum atomic E-state index is 11.9. The van der Waals surface area contributed by atoms with E-state index >= 15 is 0 Å². The molecule has 3 N–H and O–H groups in total. The summed E-state index contributed by atoms with van der Waals surface area (Å²) >= 11 is 0. The van der Waals surface area contributed by atoms with Crippen molar-refractivity contribution in [3.63, 3.8) is 0 Å². The van der Waals surface area contributed by atoms with Gasteiger partial charge < -0.3 is 16.0 Å². The van der Waals surface area contributed by atoms with Gasteiger partial charge in [-0.1, -0.05) is 0 Å². The van der Waals surface area contributed by atoms with E-state index in [1.807, 2.05) is 26.0 Å². The second-order valence-corrected chi connectivity index (χ2v) is 4.68. The summed E-state index contributed by atoms with van der Waals surface area (Å²) in [6, 6.07) is 3.86. The normalized spacial score (nSPS) is 19.0. The summed E-state index contributed by atoms with van der Waals surface area (Å²) in [5.41, 5.74) is 6.88. The van der Waals surface area contributed by atoms with Crippen molar-refractivity contribution in [2.45, 2.75) is 25.9 Å². The molecule has 0 spiro atoms. The Morgan fingerprint density at radius 1 is 1.59 bits per heavy atom. The van der Waals surface area contributed by atoms with Gasteiger partial charge in [0.1, 0.15) is 5.54 Å². The standard InChI is InChI=1S/C12H18N4O/c1-12(2)11(17)15-5-6-16(12)10-3-4-14-9(7-10)8-13/h3-4,7H,5-6,8,13H2,1-2H3,(H,15,17). The Morgan fingerprint density at radius 3 is 3.06 bits per heavy atom. The maximum Gasteiger partial charge on any atom is 0.245 e. The lowest BCUT2D eigenvalue weighted by Gasteiger charge is -2.42. The predicted molar refractivity (Wildman–Crippen MR) is 66.6 cm³/mol. The number of hydrogen-bond donors (Lipinski definition) is 2. The smallest absolute Gasteiger partial charge is 0.245 e. The summed E-state index contributed by atoms with van der Waals surface area (Å²) in [7, 11) is 0. The molecule has 0 bridgehead atoms. The van der Waals surface area contributed by atoms with Gasteiger partial charge in [0, 0.05) is 31.5 Å². The van der Waals surface area contributed by atoms with E-state index in [4.69, 9.17) is 5.73 Å². The van der Waals surface area contributed by atoms with Crippen molar-refractivity contribution in [2.24, 2.45) is 5.73 Å². The molecule has 5 heteroatoms. The lowest BCUT2D eigenvalue weighted by Crippen LogP contribution is -2.62. The van der Waals surface area contributed by atoms with E-state index < -0.39 is 5.54 Å². The van der Waals surface area contributed by atoms with Crippen molar-refractivity contribution in [1.82, 2.24) is 10.3 Å². The molecule has 1 amide bonds. The number of amides is 1. The molecule has 1 fully saturated rings. The molecular weight excluding hydrogens is 216 g/mol. The van der Waals surface area contributed by atoms with Crippen LogP contribution in [0.4, 0.5) is 5.69 Å². The van der Waals surface area contributed by atoms with Gasteiger partial charge in [0.2, 0.25) is 5.91 Å². The lowest BCUT2D eigenvalue weighted by molar-refractivity contribution is -0.126. The largest absolute Gasteiger partial charge is 0.356 e. The first-order chi connectivity index (χ1) is 8.05. The van der Waals surface area contributed by atoms with E-state index in [0.29, 0.717) is 13.1 Å². The van der Waals surface area contributed by atoms with Crippen LogP contribution in [0.15, 0.2) is 18.3 Å². The minimum Gasteiger partial charge on any atom is -0.356 e. The average molecular weight is 234 g/mol. The summed E-state index contributed by atoms with van der Waals surface area (Å²) in [6.45, 7) is 5.72. The molecular formula is C12H18N4O. The second-order valence-electron chi connectivity index (χ2n) is 4.68. The maximum absolute atomic E-state index is 11.9. The minimum atomic E-state index is -0.536. The molecule has 0 aliphatic carbocycles. The molecule has 1 aliphatic heterocycles. The number of aromatic nitrogens is 1. The number of hydrogen-bond acceptors (Lipinski definition) is 4. The van der Waals surface area contributed by atoms with E-state index in [1.54, 1.807) is 6.20 Å². The molecule has 0 saturated carbocycles. The number of pyridine rings is 1. The Kier molecular flexibility index (Phi) is 3.02. The fourth-order valence-electron chi connectivity index (χ4n) is 2.10. The molecule has 0 unspecified atom stereocenters. The van der Waals surface area contributed by atoms with Crippen LogP contribution in [-0.4, -0.2) is 29.5 Å². The Bertz CT molecular complexity index is 430. The highest BCUT2D eigenvalue weighted by molar-refractivity contribution is 5.90. The fraction of sp³-hybridized carbons (Fsp3) is 0.500. The third-order valence-electron chi connectivity index (χ3n) is 3.17. The van der Waals surface area contributed by atoms with Gasteiger partial charge in [0.05, 0.1) is 5.69 Å². The first-order valence-electron chi connectivity index (χ1n) is 5.76. The molecule has 5 nitrogen and oxygen atoms in total. The Morgan fingerprint density at radius 2 is 2.35 bits per heavy atom. The summed E-state index contributed by atoms with van der Waals surface area (Å²) in [4.78, 5) is 18.1. The van der Waals surface area contributed by atoms with Gasteiger partial charge in [0.25, 0.3) is 0 Å². The van der Waals surface area contributed by atoms with E-state index in [-0.39, 0.29) is 5.91 Å². The summed E-state index contributed by atoms with van der Waals surface area (Å²) in [6.07, 6.45) is 1.74. The Labute approximate surface area is 101 Å². The number of carbonyl (C=O) groups is 1. The molecule has 0 aromatic carbocycles. The van der Waals surface area contributed by atoms with Crippen LogP contribution in [0.2, 0.25) is 0 Å². The molecule has 0 atom stereocenters. The highest BCUT2D eigenvalue weighted by Crippen LogP contribution is 2.26. The summed E-state index contributed by atoms with van der Waals surface area (Å²) in [5.74, 6) is 0.0508. The molecule has 17 heavy (non-hydrogen) atoms. The second kappa shape index (κ2) is 4.33. The molecule has 2 rings (SSSR count). The van der Waals surface area contributed by atoms with Crippen molar-refractivity contribution in [2.75, 3.05) is 18.0 Å². The fourth-order valence-corrected chi connectivity index (χ4v) is 2.10. The zero-order valence-electron chi connectivity index (χ0n) is 10.2. The highest BCUT2D eigenvalue weighted by Gasteiger charge is 2.37. The van der Waals surface area contributed by atoms with Gasteiger partial charge in [-0.3, -0.25) is 9.78 Å². The van der Waals surface area contributed by atoms with Gasteiger partial charge in [-0.05, 0) is 26.0 Å².